The smallest absolute Gasteiger partial charge is 0.270 e. The maximum absolute atomic E-state index is 12.3. The highest BCUT2D eigenvalue weighted by atomic mass is 79.9. The van der Waals surface area contributed by atoms with Gasteiger partial charge in [0.2, 0.25) is 0 Å². The van der Waals surface area contributed by atoms with E-state index in [2.05, 4.69) is 20.9 Å². The average Bonchev–Trinajstić information content (AvgIpc) is 2.04. The van der Waals surface area contributed by atoms with Gasteiger partial charge in [0.15, 0.2) is 0 Å². The minimum atomic E-state index is -2.80. The number of aromatic nitrogens is 1. The van der Waals surface area contributed by atoms with E-state index in [0.717, 1.165) is 0 Å². The van der Waals surface area contributed by atoms with Crippen LogP contribution in [0.1, 0.15) is 17.6 Å². The Balaban J connectivity index is 3.39. The fourth-order valence-electron chi connectivity index (χ4n) is 0.859. The molecule has 1 aromatic rings. The van der Waals surface area contributed by atoms with Crippen LogP contribution in [0.25, 0.3) is 0 Å². The van der Waals surface area contributed by atoms with Crippen molar-refractivity contribution in [3.8, 4) is 0 Å². The minimum absolute atomic E-state index is 0.0666. The zero-order valence-corrected chi connectivity index (χ0v) is 8.62. The number of aromatic amines is 1. The maximum atomic E-state index is 12.3. The first-order valence-electron chi connectivity index (χ1n) is 3.32. The predicted molar refractivity (Wildman–Crippen MR) is 49.3 cm³/mol. The Kier molecular flexibility index (Phi) is 3.44. The SMILES string of the molecule is O=c1[nH]cc(CCl)c(Br)c1C(F)F. The van der Waals surface area contributed by atoms with Crippen LogP contribution in [0.5, 0.6) is 0 Å². The van der Waals surface area contributed by atoms with Crippen molar-refractivity contribution in [2.24, 2.45) is 0 Å². The van der Waals surface area contributed by atoms with Crippen molar-refractivity contribution in [2.75, 3.05) is 0 Å². The van der Waals surface area contributed by atoms with E-state index >= 15 is 0 Å². The van der Waals surface area contributed by atoms with Gasteiger partial charge in [-0.1, -0.05) is 0 Å². The molecule has 1 heterocycles. The fourth-order valence-corrected chi connectivity index (χ4v) is 1.84. The summed E-state index contributed by atoms with van der Waals surface area (Å²) in [7, 11) is 0. The van der Waals surface area contributed by atoms with Crippen LogP contribution in [-0.2, 0) is 5.88 Å². The van der Waals surface area contributed by atoms with Gasteiger partial charge in [-0.25, -0.2) is 8.78 Å². The summed E-state index contributed by atoms with van der Waals surface area (Å²) < 4.78 is 24.7. The Hall–Kier alpha value is -0.420. The van der Waals surface area contributed by atoms with Crippen molar-refractivity contribution in [1.29, 1.82) is 0 Å². The lowest BCUT2D eigenvalue weighted by Crippen LogP contribution is -2.14. The van der Waals surface area contributed by atoms with Crippen molar-refractivity contribution in [1.82, 2.24) is 4.98 Å². The van der Waals surface area contributed by atoms with Gasteiger partial charge in [-0.05, 0) is 21.5 Å². The summed E-state index contributed by atoms with van der Waals surface area (Å²) in [5.74, 6) is 0.0666. The van der Waals surface area contributed by atoms with Crippen LogP contribution in [0.15, 0.2) is 15.5 Å². The van der Waals surface area contributed by atoms with Crippen molar-refractivity contribution in [3.63, 3.8) is 0 Å². The molecule has 0 spiro atoms. The Morgan fingerprint density at radius 3 is 2.69 bits per heavy atom. The number of hydrogen-bond acceptors (Lipinski definition) is 1. The molecule has 2 nitrogen and oxygen atoms in total. The topological polar surface area (TPSA) is 32.9 Å². The number of nitrogens with one attached hydrogen (secondary N) is 1. The van der Waals surface area contributed by atoms with E-state index in [1.54, 1.807) is 0 Å². The third kappa shape index (κ3) is 2.08. The number of pyridine rings is 1. The summed E-state index contributed by atoms with van der Waals surface area (Å²) in [6.07, 6.45) is -1.49. The molecule has 1 aromatic heterocycles. The summed E-state index contributed by atoms with van der Waals surface area (Å²) in [5, 5.41) is 0. The molecule has 0 fully saturated rings. The third-order valence-corrected chi connectivity index (χ3v) is 2.73. The van der Waals surface area contributed by atoms with Gasteiger partial charge in [-0.2, -0.15) is 0 Å². The van der Waals surface area contributed by atoms with Crippen molar-refractivity contribution in [2.45, 2.75) is 12.3 Å². The molecule has 0 saturated heterocycles. The van der Waals surface area contributed by atoms with Gasteiger partial charge in [0.1, 0.15) is 0 Å². The Morgan fingerprint density at radius 1 is 1.62 bits per heavy atom. The van der Waals surface area contributed by atoms with Crippen molar-refractivity contribution < 1.29 is 8.78 Å². The molecule has 0 aliphatic heterocycles. The minimum Gasteiger partial charge on any atom is -0.328 e. The van der Waals surface area contributed by atoms with Gasteiger partial charge in [-0.15, -0.1) is 11.6 Å². The van der Waals surface area contributed by atoms with E-state index in [-0.39, 0.29) is 10.4 Å². The molecule has 6 heteroatoms. The highest BCUT2D eigenvalue weighted by molar-refractivity contribution is 9.10. The van der Waals surface area contributed by atoms with Gasteiger partial charge in [-0.3, -0.25) is 4.79 Å². The summed E-state index contributed by atoms with van der Waals surface area (Å²) in [5.41, 5.74) is -0.926. The van der Waals surface area contributed by atoms with E-state index in [1.165, 1.54) is 6.20 Å². The van der Waals surface area contributed by atoms with Crippen LogP contribution < -0.4 is 5.56 Å². The molecular formula is C7H5BrClF2NO. The van der Waals surface area contributed by atoms with Crippen LogP contribution in [-0.4, -0.2) is 4.98 Å². The van der Waals surface area contributed by atoms with E-state index in [9.17, 15) is 13.6 Å². The number of H-pyrrole nitrogens is 1. The molecule has 0 saturated carbocycles. The molecule has 0 amide bonds. The standard InChI is InChI=1S/C7H5BrClF2NO/c8-5-3(1-9)2-12-7(13)4(5)6(10)11/h2,6H,1H2,(H,12,13). The van der Waals surface area contributed by atoms with Crippen LogP contribution >= 0.6 is 27.5 Å². The molecule has 1 rings (SSSR count). The molecule has 0 aromatic carbocycles. The second-order valence-electron chi connectivity index (χ2n) is 2.31. The second kappa shape index (κ2) is 4.19. The normalized spacial score (nSPS) is 10.8. The van der Waals surface area contributed by atoms with Gasteiger partial charge in [0.25, 0.3) is 12.0 Å². The second-order valence-corrected chi connectivity index (χ2v) is 3.37. The maximum Gasteiger partial charge on any atom is 0.270 e. The van der Waals surface area contributed by atoms with Gasteiger partial charge >= 0.3 is 0 Å². The van der Waals surface area contributed by atoms with E-state index in [4.69, 9.17) is 11.6 Å². The summed E-state index contributed by atoms with van der Waals surface area (Å²) in [4.78, 5) is 13.1. The monoisotopic (exact) mass is 271 g/mol. The lowest BCUT2D eigenvalue weighted by molar-refractivity contribution is 0.148. The number of rotatable bonds is 2. The molecule has 0 aliphatic rings. The summed E-state index contributed by atoms with van der Waals surface area (Å²) >= 11 is 8.37. The zero-order valence-electron chi connectivity index (χ0n) is 6.28. The quantitative estimate of drug-likeness (QED) is 0.825. The Bertz CT molecular complexity index is 366. The van der Waals surface area contributed by atoms with Gasteiger partial charge in [0.05, 0.1) is 5.56 Å². The molecule has 0 unspecified atom stereocenters. The van der Waals surface area contributed by atoms with E-state index in [1.807, 2.05) is 0 Å². The summed E-state index contributed by atoms with van der Waals surface area (Å²) in [6.45, 7) is 0. The van der Waals surface area contributed by atoms with Crippen LogP contribution in [0.3, 0.4) is 0 Å². The lowest BCUT2D eigenvalue weighted by atomic mass is 10.2. The highest BCUT2D eigenvalue weighted by Gasteiger charge is 2.18. The third-order valence-electron chi connectivity index (χ3n) is 1.50. The first kappa shape index (κ1) is 10.7. The lowest BCUT2D eigenvalue weighted by Gasteiger charge is -2.05. The number of alkyl halides is 3. The molecule has 1 N–H and O–H groups in total. The molecule has 13 heavy (non-hydrogen) atoms. The molecule has 0 aliphatic carbocycles. The first-order chi connectivity index (χ1) is 6.07. The molecular weight excluding hydrogens is 267 g/mol. The Morgan fingerprint density at radius 2 is 2.23 bits per heavy atom. The van der Waals surface area contributed by atoms with E-state index in [0.29, 0.717) is 5.56 Å². The number of hydrogen-bond donors (Lipinski definition) is 1. The molecule has 0 radical (unpaired) electrons. The fraction of sp³-hybridized carbons (Fsp3) is 0.286. The first-order valence-corrected chi connectivity index (χ1v) is 4.64. The summed E-state index contributed by atoms with van der Waals surface area (Å²) in [6, 6.07) is 0. The van der Waals surface area contributed by atoms with Crippen molar-refractivity contribution >= 4 is 27.5 Å². The van der Waals surface area contributed by atoms with Gasteiger partial charge in [0, 0.05) is 16.5 Å². The van der Waals surface area contributed by atoms with Crippen LogP contribution in [0.2, 0.25) is 0 Å². The largest absolute Gasteiger partial charge is 0.328 e. The van der Waals surface area contributed by atoms with Gasteiger partial charge < -0.3 is 4.98 Å². The Labute approximate surface area is 86.0 Å². The zero-order chi connectivity index (χ0) is 10.0. The number of halogens is 4. The highest BCUT2D eigenvalue weighted by Crippen LogP contribution is 2.27. The van der Waals surface area contributed by atoms with Crippen molar-refractivity contribution in [3.05, 3.63) is 32.2 Å². The molecule has 0 bridgehead atoms. The van der Waals surface area contributed by atoms with Crippen LogP contribution in [0, 0.1) is 0 Å². The van der Waals surface area contributed by atoms with E-state index < -0.39 is 17.5 Å². The molecule has 0 atom stereocenters. The average molecular weight is 272 g/mol. The predicted octanol–water partition coefficient (Wildman–Crippen LogP) is 2.81. The van der Waals surface area contributed by atoms with Crippen LogP contribution in [0.4, 0.5) is 8.78 Å². The molecule has 72 valence electrons.